The van der Waals surface area contributed by atoms with Crippen LogP contribution in [0.3, 0.4) is 0 Å². The molecule has 2 nitrogen and oxygen atoms in total. The Morgan fingerprint density at radius 2 is 2.11 bits per heavy atom. The molecule has 0 atom stereocenters. The van der Waals surface area contributed by atoms with Gasteiger partial charge in [0, 0.05) is 17.5 Å². The highest BCUT2D eigenvalue weighted by molar-refractivity contribution is 7.09. The molecule has 0 amide bonds. The molecule has 0 bridgehead atoms. The summed E-state index contributed by atoms with van der Waals surface area (Å²) >= 11 is 1.75. The minimum atomic E-state index is 0.909. The summed E-state index contributed by atoms with van der Waals surface area (Å²) < 4.78 is 0. The van der Waals surface area contributed by atoms with Crippen molar-refractivity contribution in [2.24, 2.45) is 5.92 Å². The van der Waals surface area contributed by atoms with Crippen molar-refractivity contribution in [3.05, 3.63) is 39.7 Å². The number of hydrogen-bond acceptors (Lipinski definition) is 3. The Hall–Kier alpha value is -1.19. The summed E-state index contributed by atoms with van der Waals surface area (Å²) in [5, 5.41) is 6.85. The molecule has 1 N–H and O–H groups in total. The average molecular weight is 272 g/mol. The van der Waals surface area contributed by atoms with Crippen LogP contribution < -0.4 is 5.32 Å². The topological polar surface area (TPSA) is 24.9 Å². The molecule has 1 heterocycles. The Bertz CT molecular complexity index is 570. The Morgan fingerprint density at radius 1 is 1.26 bits per heavy atom. The number of nitrogens with zero attached hydrogens (tertiary/aromatic N) is 1. The molecule has 1 aliphatic carbocycles. The number of aromatic nitrogens is 1. The Labute approximate surface area is 118 Å². The van der Waals surface area contributed by atoms with E-state index in [4.69, 9.17) is 4.98 Å². The third-order valence-corrected chi connectivity index (χ3v) is 4.61. The van der Waals surface area contributed by atoms with Crippen molar-refractivity contribution in [3.63, 3.8) is 0 Å². The fraction of sp³-hybridized carbons (Fsp3) is 0.438. The quantitative estimate of drug-likeness (QED) is 0.892. The average Bonchev–Trinajstić information content (AvgIpc) is 3.10. The van der Waals surface area contributed by atoms with Crippen LogP contribution in [0, 0.1) is 19.8 Å². The first kappa shape index (κ1) is 12.8. The van der Waals surface area contributed by atoms with Gasteiger partial charge in [-0.2, -0.15) is 0 Å². The molecule has 1 aromatic heterocycles. The van der Waals surface area contributed by atoms with E-state index < -0.39 is 0 Å². The van der Waals surface area contributed by atoms with Crippen LogP contribution >= 0.6 is 11.3 Å². The van der Waals surface area contributed by atoms with E-state index in [1.54, 1.807) is 11.3 Å². The second-order valence-electron chi connectivity index (χ2n) is 5.50. The SMILES string of the molecule is Cc1ccc(-c2csc(CNCC3CC3)n2)cc1C. The van der Waals surface area contributed by atoms with E-state index in [1.807, 2.05) is 0 Å². The second-order valence-corrected chi connectivity index (χ2v) is 6.44. The number of benzene rings is 1. The molecule has 100 valence electrons. The first-order valence-corrected chi connectivity index (χ1v) is 7.83. The van der Waals surface area contributed by atoms with Crippen molar-refractivity contribution < 1.29 is 0 Å². The molecule has 1 saturated carbocycles. The van der Waals surface area contributed by atoms with E-state index in [-0.39, 0.29) is 0 Å². The first-order chi connectivity index (χ1) is 9.22. The molecule has 2 aromatic rings. The molecule has 0 spiro atoms. The Morgan fingerprint density at radius 3 is 2.84 bits per heavy atom. The van der Waals surface area contributed by atoms with Crippen molar-refractivity contribution in [2.75, 3.05) is 6.54 Å². The summed E-state index contributed by atoms with van der Waals surface area (Å²) in [6, 6.07) is 6.57. The lowest BCUT2D eigenvalue weighted by Gasteiger charge is -2.02. The van der Waals surface area contributed by atoms with E-state index in [0.717, 1.165) is 24.7 Å². The maximum atomic E-state index is 4.72. The maximum absolute atomic E-state index is 4.72. The molecule has 0 radical (unpaired) electrons. The summed E-state index contributed by atoms with van der Waals surface area (Å²) in [5.41, 5.74) is 5.01. The molecule has 19 heavy (non-hydrogen) atoms. The minimum absolute atomic E-state index is 0.909. The molecule has 0 aliphatic heterocycles. The fourth-order valence-corrected chi connectivity index (χ4v) is 2.90. The van der Waals surface area contributed by atoms with Gasteiger partial charge >= 0.3 is 0 Å². The molecule has 3 heteroatoms. The Kier molecular flexibility index (Phi) is 3.67. The molecular formula is C16H20N2S. The lowest BCUT2D eigenvalue weighted by atomic mass is 10.1. The fourth-order valence-electron chi connectivity index (χ4n) is 2.13. The van der Waals surface area contributed by atoms with Crippen molar-refractivity contribution in [1.29, 1.82) is 0 Å². The van der Waals surface area contributed by atoms with Gasteiger partial charge in [0.1, 0.15) is 5.01 Å². The lowest BCUT2D eigenvalue weighted by Crippen LogP contribution is -2.15. The van der Waals surface area contributed by atoms with E-state index in [0.29, 0.717) is 0 Å². The van der Waals surface area contributed by atoms with Gasteiger partial charge in [0.2, 0.25) is 0 Å². The van der Waals surface area contributed by atoms with Crippen LogP contribution in [0.1, 0.15) is 29.0 Å². The van der Waals surface area contributed by atoms with Crippen LogP contribution in [0.15, 0.2) is 23.6 Å². The zero-order valence-corrected chi connectivity index (χ0v) is 12.4. The van der Waals surface area contributed by atoms with Crippen LogP contribution in [-0.4, -0.2) is 11.5 Å². The van der Waals surface area contributed by atoms with Gasteiger partial charge in [-0.3, -0.25) is 0 Å². The highest BCUT2D eigenvalue weighted by atomic mass is 32.1. The largest absolute Gasteiger partial charge is 0.310 e. The number of hydrogen-bond donors (Lipinski definition) is 1. The smallest absolute Gasteiger partial charge is 0.107 e. The van der Waals surface area contributed by atoms with Crippen LogP contribution in [-0.2, 0) is 6.54 Å². The maximum Gasteiger partial charge on any atom is 0.107 e. The zero-order valence-electron chi connectivity index (χ0n) is 11.6. The van der Waals surface area contributed by atoms with Crippen LogP contribution in [0.25, 0.3) is 11.3 Å². The van der Waals surface area contributed by atoms with Crippen LogP contribution in [0.4, 0.5) is 0 Å². The molecule has 1 aliphatic rings. The predicted molar refractivity (Wildman–Crippen MR) is 81.5 cm³/mol. The standard InChI is InChI=1S/C16H20N2S/c1-11-3-6-14(7-12(11)2)15-10-19-16(18-15)9-17-8-13-4-5-13/h3,6-7,10,13,17H,4-5,8-9H2,1-2H3. The first-order valence-electron chi connectivity index (χ1n) is 6.95. The van der Waals surface area contributed by atoms with Crippen molar-refractivity contribution in [1.82, 2.24) is 10.3 Å². The molecule has 3 rings (SSSR count). The van der Waals surface area contributed by atoms with Gasteiger partial charge in [0.15, 0.2) is 0 Å². The summed E-state index contributed by atoms with van der Waals surface area (Å²) in [6.07, 6.45) is 2.80. The van der Waals surface area contributed by atoms with Gasteiger partial charge in [-0.15, -0.1) is 11.3 Å². The Balaban J connectivity index is 1.67. The summed E-state index contributed by atoms with van der Waals surface area (Å²) in [6.45, 7) is 6.36. The second kappa shape index (κ2) is 5.43. The molecular weight excluding hydrogens is 252 g/mol. The normalized spacial score (nSPS) is 14.8. The van der Waals surface area contributed by atoms with Crippen molar-refractivity contribution in [3.8, 4) is 11.3 Å². The molecule has 1 fully saturated rings. The highest BCUT2D eigenvalue weighted by Gasteiger charge is 2.20. The number of thiazole rings is 1. The van der Waals surface area contributed by atoms with Gasteiger partial charge in [0.25, 0.3) is 0 Å². The molecule has 1 aromatic carbocycles. The van der Waals surface area contributed by atoms with Gasteiger partial charge in [-0.25, -0.2) is 4.98 Å². The van der Waals surface area contributed by atoms with Gasteiger partial charge in [0.05, 0.1) is 5.69 Å². The van der Waals surface area contributed by atoms with E-state index in [9.17, 15) is 0 Å². The lowest BCUT2D eigenvalue weighted by molar-refractivity contribution is 0.637. The number of nitrogens with one attached hydrogen (secondary N) is 1. The predicted octanol–water partition coefficient (Wildman–Crippen LogP) is 3.93. The summed E-state index contributed by atoms with van der Waals surface area (Å²) in [5.74, 6) is 0.930. The van der Waals surface area contributed by atoms with Crippen LogP contribution in [0.5, 0.6) is 0 Å². The minimum Gasteiger partial charge on any atom is -0.310 e. The molecule has 0 unspecified atom stereocenters. The number of aryl methyl sites for hydroxylation is 2. The third-order valence-electron chi connectivity index (χ3n) is 3.76. The van der Waals surface area contributed by atoms with Crippen molar-refractivity contribution in [2.45, 2.75) is 33.2 Å². The summed E-state index contributed by atoms with van der Waals surface area (Å²) in [4.78, 5) is 4.72. The zero-order chi connectivity index (χ0) is 13.2. The van der Waals surface area contributed by atoms with Gasteiger partial charge in [-0.05, 0) is 56.3 Å². The van der Waals surface area contributed by atoms with E-state index >= 15 is 0 Å². The van der Waals surface area contributed by atoms with Crippen LogP contribution in [0.2, 0.25) is 0 Å². The van der Waals surface area contributed by atoms with Gasteiger partial charge < -0.3 is 5.32 Å². The van der Waals surface area contributed by atoms with Crippen molar-refractivity contribution >= 4 is 11.3 Å². The highest BCUT2D eigenvalue weighted by Crippen LogP contribution is 2.28. The number of rotatable bonds is 5. The monoisotopic (exact) mass is 272 g/mol. The van der Waals surface area contributed by atoms with Gasteiger partial charge in [-0.1, -0.05) is 12.1 Å². The van der Waals surface area contributed by atoms with E-state index in [1.165, 1.54) is 34.5 Å². The third kappa shape index (κ3) is 3.23. The molecule has 0 saturated heterocycles. The van der Waals surface area contributed by atoms with E-state index in [2.05, 4.69) is 42.7 Å². The summed E-state index contributed by atoms with van der Waals surface area (Å²) in [7, 11) is 0.